The number of nitrogens with zero attached hydrogens (tertiary/aromatic N) is 5. The number of carbonyl (C=O) groups is 1. The van der Waals surface area contributed by atoms with Gasteiger partial charge in [-0.15, -0.1) is 0 Å². The summed E-state index contributed by atoms with van der Waals surface area (Å²) in [6, 6.07) is 15.5. The molecule has 4 aromatic rings. The zero-order valence-electron chi connectivity index (χ0n) is 17.8. The number of aromatic nitrogens is 4. The summed E-state index contributed by atoms with van der Waals surface area (Å²) >= 11 is 0. The highest BCUT2D eigenvalue weighted by atomic mass is 16.2. The van der Waals surface area contributed by atoms with Crippen molar-refractivity contribution in [3.05, 3.63) is 65.2 Å². The third-order valence-electron chi connectivity index (χ3n) is 5.25. The fourth-order valence-corrected chi connectivity index (χ4v) is 3.66. The summed E-state index contributed by atoms with van der Waals surface area (Å²) < 4.78 is 3.72. The summed E-state index contributed by atoms with van der Waals surface area (Å²) in [4.78, 5) is 35.8. The number of rotatable bonds is 8. The molecule has 0 saturated heterocycles. The Morgan fingerprint density at radius 1 is 1.00 bits per heavy atom. The molecule has 0 unspecified atom stereocenters. The number of para-hydroxylation sites is 4. The van der Waals surface area contributed by atoms with E-state index in [2.05, 4.69) is 19.9 Å². The first kappa shape index (κ1) is 20.6. The predicted octanol–water partition coefficient (Wildman–Crippen LogP) is 2.41. The van der Waals surface area contributed by atoms with Crippen LogP contribution in [0.2, 0.25) is 0 Å². The largest absolute Gasteiger partial charge is 0.358 e. The topological polar surface area (TPSA) is 85.1 Å². The van der Waals surface area contributed by atoms with Gasteiger partial charge in [0.25, 0.3) is 5.56 Å². The molecule has 0 radical (unpaired) electrons. The number of imidazole rings is 1. The summed E-state index contributed by atoms with van der Waals surface area (Å²) in [6.45, 7) is 1.66. The van der Waals surface area contributed by atoms with E-state index in [0.29, 0.717) is 18.9 Å². The second kappa shape index (κ2) is 8.99. The average molecular weight is 419 g/mol. The van der Waals surface area contributed by atoms with Crippen LogP contribution in [0.15, 0.2) is 59.7 Å². The van der Waals surface area contributed by atoms with Crippen LogP contribution in [0.25, 0.3) is 22.1 Å². The summed E-state index contributed by atoms with van der Waals surface area (Å²) in [7, 11) is 3.58. The second-order valence-corrected chi connectivity index (χ2v) is 7.66. The fraction of sp³-hybridized carbons (Fsp3) is 0.304. The van der Waals surface area contributed by atoms with Gasteiger partial charge in [0.1, 0.15) is 0 Å². The Hall–Kier alpha value is -3.68. The van der Waals surface area contributed by atoms with Gasteiger partial charge in [-0.1, -0.05) is 24.3 Å². The standard InChI is InChI=1S/C23H26N6O2/c1-27(2)22-23(31)29(20-11-6-4-9-18(20)26-22)15-12-21(30)24-13-7-14-28-16-25-17-8-3-5-10-19(17)28/h3-6,8-11,16H,7,12-15H2,1-2H3,(H,24,30). The van der Waals surface area contributed by atoms with E-state index in [-0.39, 0.29) is 17.9 Å². The van der Waals surface area contributed by atoms with E-state index in [1.54, 1.807) is 23.6 Å². The fourth-order valence-electron chi connectivity index (χ4n) is 3.66. The molecule has 8 heteroatoms. The monoisotopic (exact) mass is 418 g/mol. The number of hydrogen-bond acceptors (Lipinski definition) is 5. The van der Waals surface area contributed by atoms with Crippen molar-refractivity contribution in [1.82, 2.24) is 24.4 Å². The predicted molar refractivity (Wildman–Crippen MR) is 122 cm³/mol. The lowest BCUT2D eigenvalue weighted by Crippen LogP contribution is -2.31. The van der Waals surface area contributed by atoms with Gasteiger partial charge in [-0.25, -0.2) is 9.97 Å². The minimum absolute atomic E-state index is 0.0744. The van der Waals surface area contributed by atoms with Gasteiger partial charge in [-0.05, 0) is 30.7 Å². The Morgan fingerprint density at radius 3 is 2.48 bits per heavy atom. The molecule has 0 aliphatic carbocycles. The summed E-state index contributed by atoms with van der Waals surface area (Å²) in [6.07, 6.45) is 2.86. The van der Waals surface area contributed by atoms with Gasteiger partial charge < -0.3 is 19.4 Å². The van der Waals surface area contributed by atoms with E-state index in [4.69, 9.17) is 0 Å². The molecule has 0 saturated carbocycles. The smallest absolute Gasteiger partial charge is 0.293 e. The van der Waals surface area contributed by atoms with Crippen LogP contribution in [0.1, 0.15) is 12.8 Å². The Bertz CT molecular complexity index is 1270. The third-order valence-corrected chi connectivity index (χ3v) is 5.25. The SMILES string of the molecule is CN(C)c1nc2ccccc2n(CCC(=O)NCCCn2cnc3ccccc32)c1=O. The van der Waals surface area contributed by atoms with Gasteiger partial charge >= 0.3 is 0 Å². The first-order valence-electron chi connectivity index (χ1n) is 10.4. The van der Waals surface area contributed by atoms with Crippen LogP contribution in [-0.2, 0) is 17.9 Å². The highest BCUT2D eigenvalue weighted by molar-refractivity contribution is 5.78. The van der Waals surface area contributed by atoms with E-state index in [1.165, 1.54) is 0 Å². The molecule has 1 amide bonds. The Labute approximate surface area is 180 Å². The number of anilines is 1. The van der Waals surface area contributed by atoms with Gasteiger partial charge in [-0.3, -0.25) is 9.59 Å². The molecule has 0 atom stereocenters. The minimum Gasteiger partial charge on any atom is -0.358 e. The number of amides is 1. The van der Waals surface area contributed by atoms with Crippen LogP contribution < -0.4 is 15.8 Å². The molecule has 1 N–H and O–H groups in total. The van der Waals surface area contributed by atoms with Gasteiger partial charge in [0.2, 0.25) is 5.91 Å². The molecule has 8 nitrogen and oxygen atoms in total. The lowest BCUT2D eigenvalue weighted by molar-refractivity contribution is -0.121. The molecular formula is C23H26N6O2. The molecule has 31 heavy (non-hydrogen) atoms. The third kappa shape index (κ3) is 4.42. The molecule has 2 aromatic heterocycles. The lowest BCUT2D eigenvalue weighted by atomic mass is 10.2. The zero-order chi connectivity index (χ0) is 21.8. The molecule has 2 aromatic carbocycles. The maximum Gasteiger partial charge on any atom is 0.293 e. The molecule has 0 fully saturated rings. The normalized spacial score (nSPS) is 11.2. The number of hydrogen-bond donors (Lipinski definition) is 1. The summed E-state index contributed by atoms with van der Waals surface area (Å²) in [5, 5.41) is 2.95. The van der Waals surface area contributed by atoms with Gasteiger partial charge in [-0.2, -0.15) is 0 Å². The molecule has 0 aliphatic rings. The number of nitrogens with one attached hydrogen (secondary N) is 1. The first-order valence-corrected chi connectivity index (χ1v) is 10.4. The van der Waals surface area contributed by atoms with Crippen LogP contribution in [0.5, 0.6) is 0 Å². The quantitative estimate of drug-likeness (QED) is 0.444. The van der Waals surface area contributed by atoms with Crippen LogP contribution in [0.4, 0.5) is 5.82 Å². The molecule has 4 rings (SSSR count). The zero-order valence-corrected chi connectivity index (χ0v) is 17.8. The highest BCUT2D eigenvalue weighted by Gasteiger charge is 2.13. The van der Waals surface area contributed by atoms with Gasteiger partial charge in [0.05, 0.1) is 28.4 Å². The number of carbonyl (C=O) groups excluding carboxylic acids is 1. The summed E-state index contributed by atoms with van der Waals surface area (Å²) in [5.41, 5.74) is 3.34. The van der Waals surface area contributed by atoms with E-state index in [1.807, 2.05) is 54.9 Å². The number of benzene rings is 2. The second-order valence-electron chi connectivity index (χ2n) is 7.66. The van der Waals surface area contributed by atoms with Crippen molar-refractivity contribution in [2.75, 3.05) is 25.5 Å². The molecule has 0 aliphatic heterocycles. The number of fused-ring (bicyclic) bond motifs is 2. The van der Waals surface area contributed by atoms with Crippen LogP contribution in [0.3, 0.4) is 0 Å². The van der Waals surface area contributed by atoms with Gasteiger partial charge in [0, 0.05) is 40.2 Å². The first-order chi connectivity index (χ1) is 15.0. The van der Waals surface area contributed by atoms with E-state index >= 15 is 0 Å². The Balaban J connectivity index is 1.35. The van der Waals surface area contributed by atoms with Crippen molar-refractivity contribution in [2.24, 2.45) is 0 Å². The van der Waals surface area contributed by atoms with Crippen molar-refractivity contribution in [1.29, 1.82) is 0 Å². The van der Waals surface area contributed by atoms with Crippen LogP contribution in [0, 0.1) is 0 Å². The van der Waals surface area contributed by atoms with Gasteiger partial charge in [0.15, 0.2) is 5.82 Å². The Kier molecular flexibility index (Phi) is 5.97. The van der Waals surface area contributed by atoms with Crippen molar-refractivity contribution in [2.45, 2.75) is 25.9 Å². The molecule has 0 bridgehead atoms. The number of aryl methyl sites for hydroxylation is 2. The molecule has 0 spiro atoms. The maximum atomic E-state index is 12.9. The van der Waals surface area contributed by atoms with Crippen LogP contribution in [-0.4, -0.2) is 45.6 Å². The van der Waals surface area contributed by atoms with E-state index in [0.717, 1.165) is 35.0 Å². The highest BCUT2D eigenvalue weighted by Crippen LogP contribution is 2.14. The summed E-state index contributed by atoms with van der Waals surface area (Å²) in [5.74, 6) is 0.293. The van der Waals surface area contributed by atoms with Crippen molar-refractivity contribution >= 4 is 33.8 Å². The average Bonchev–Trinajstić information content (AvgIpc) is 3.18. The minimum atomic E-state index is -0.191. The molecule has 160 valence electrons. The van der Waals surface area contributed by atoms with Crippen molar-refractivity contribution < 1.29 is 4.79 Å². The Morgan fingerprint density at radius 2 is 1.71 bits per heavy atom. The molecule has 2 heterocycles. The van der Waals surface area contributed by atoms with Crippen LogP contribution >= 0.6 is 0 Å². The molecular weight excluding hydrogens is 392 g/mol. The van der Waals surface area contributed by atoms with E-state index in [9.17, 15) is 9.59 Å². The lowest BCUT2D eigenvalue weighted by Gasteiger charge is -2.16. The van der Waals surface area contributed by atoms with E-state index < -0.39 is 0 Å². The maximum absolute atomic E-state index is 12.9. The van der Waals surface area contributed by atoms with Crippen molar-refractivity contribution in [3.63, 3.8) is 0 Å². The van der Waals surface area contributed by atoms with Crippen molar-refractivity contribution in [3.8, 4) is 0 Å².